The highest BCUT2D eigenvalue weighted by Crippen LogP contribution is 2.17. The smallest absolute Gasteiger partial charge is 0.270 e. The number of hydrazine groups is 1. The highest BCUT2D eigenvalue weighted by Gasteiger charge is 2.14. The molecule has 21 heavy (non-hydrogen) atoms. The van der Waals surface area contributed by atoms with Gasteiger partial charge in [-0.05, 0) is 43.2 Å². The van der Waals surface area contributed by atoms with Crippen LogP contribution in [0.1, 0.15) is 34.6 Å². The lowest BCUT2D eigenvalue weighted by atomic mass is 10.1. The van der Waals surface area contributed by atoms with E-state index < -0.39 is 0 Å². The molecule has 0 saturated carbocycles. The first-order chi connectivity index (χ1) is 10.0. The topological polar surface area (TPSA) is 80.0 Å². The van der Waals surface area contributed by atoms with Crippen molar-refractivity contribution in [2.45, 2.75) is 19.9 Å². The van der Waals surface area contributed by atoms with Crippen LogP contribution in [-0.4, -0.2) is 10.9 Å². The van der Waals surface area contributed by atoms with E-state index in [4.69, 9.17) is 5.84 Å². The van der Waals surface area contributed by atoms with Gasteiger partial charge in [0.1, 0.15) is 11.5 Å². The van der Waals surface area contributed by atoms with Gasteiger partial charge in [0, 0.05) is 6.20 Å². The normalized spacial score (nSPS) is 11.8. The lowest BCUT2D eigenvalue weighted by molar-refractivity contribution is 0.0935. The SMILES string of the molecule is Cc1ccc(C(C)NC(=O)c2cc(NN)ccn2)cc1F. The van der Waals surface area contributed by atoms with Crippen molar-refractivity contribution in [3.63, 3.8) is 0 Å². The number of nitrogen functional groups attached to an aromatic ring is 1. The maximum absolute atomic E-state index is 13.6. The van der Waals surface area contributed by atoms with E-state index in [0.29, 0.717) is 16.8 Å². The molecule has 0 radical (unpaired) electrons. The Labute approximate surface area is 122 Å². The van der Waals surface area contributed by atoms with Gasteiger partial charge in [-0.25, -0.2) is 4.39 Å². The standard InChI is InChI=1S/C15H17FN4O/c1-9-3-4-11(7-13(9)16)10(2)19-15(21)14-8-12(20-17)5-6-18-14/h3-8,10H,17H2,1-2H3,(H,18,20)(H,19,21). The van der Waals surface area contributed by atoms with Gasteiger partial charge >= 0.3 is 0 Å². The number of pyridine rings is 1. The Kier molecular flexibility index (Phi) is 4.49. The Morgan fingerprint density at radius 3 is 2.76 bits per heavy atom. The molecule has 0 spiro atoms. The summed E-state index contributed by atoms with van der Waals surface area (Å²) in [5, 5.41) is 2.77. The molecule has 0 aliphatic carbocycles. The quantitative estimate of drug-likeness (QED) is 0.596. The average molecular weight is 288 g/mol. The summed E-state index contributed by atoms with van der Waals surface area (Å²) >= 11 is 0. The zero-order valence-electron chi connectivity index (χ0n) is 11.9. The first-order valence-electron chi connectivity index (χ1n) is 6.51. The van der Waals surface area contributed by atoms with Crippen molar-refractivity contribution < 1.29 is 9.18 Å². The van der Waals surface area contributed by atoms with E-state index in [2.05, 4.69) is 15.7 Å². The number of hydrogen-bond acceptors (Lipinski definition) is 4. The Bertz CT molecular complexity index is 660. The van der Waals surface area contributed by atoms with Crippen LogP contribution in [0.4, 0.5) is 10.1 Å². The number of nitrogens with zero attached hydrogens (tertiary/aromatic N) is 1. The number of aryl methyl sites for hydroxylation is 1. The second-order valence-electron chi connectivity index (χ2n) is 4.78. The minimum Gasteiger partial charge on any atom is -0.344 e. The zero-order chi connectivity index (χ0) is 15.4. The predicted molar refractivity (Wildman–Crippen MR) is 79.1 cm³/mol. The number of amides is 1. The Morgan fingerprint density at radius 2 is 2.10 bits per heavy atom. The van der Waals surface area contributed by atoms with Crippen LogP contribution >= 0.6 is 0 Å². The second kappa shape index (κ2) is 6.32. The van der Waals surface area contributed by atoms with E-state index in [1.807, 2.05) is 0 Å². The van der Waals surface area contributed by atoms with Crippen LogP contribution in [0, 0.1) is 12.7 Å². The third-order valence-corrected chi connectivity index (χ3v) is 3.20. The van der Waals surface area contributed by atoms with Crippen LogP contribution in [0.25, 0.3) is 0 Å². The molecule has 0 saturated heterocycles. The number of anilines is 1. The summed E-state index contributed by atoms with van der Waals surface area (Å²) in [6.07, 6.45) is 1.49. The molecule has 1 aromatic carbocycles. The number of nitrogens with one attached hydrogen (secondary N) is 2. The highest BCUT2D eigenvalue weighted by atomic mass is 19.1. The number of rotatable bonds is 4. The van der Waals surface area contributed by atoms with Gasteiger partial charge in [0.15, 0.2) is 0 Å². The minimum absolute atomic E-state index is 0.241. The molecule has 0 aliphatic rings. The number of aromatic nitrogens is 1. The van der Waals surface area contributed by atoms with Gasteiger partial charge in [-0.3, -0.25) is 15.6 Å². The largest absolute Gasteiger partial charge is 0.344 e. The lowest BCUT2D eigenvalue weighted by Gasteiger charge is -2.15. The number of hydrogen-bond donors (Lipinski definition) is 3. The summed E-state index contributed by atoms with van der Waals surface area (Å²) < 4.78 is 13.6. The molecule has 110 valence electrons. The van der Waals surface area contributed by atoms with E-state index >= 15 is 0 Å². The van der Waals surface area contributed by atoms with Crippen molar-refractivity contribution in [2.75, 3.05) is 5.43 Å². The number of carbonyl (C=O) groups is 1. The molecular formula is C15H17FN4O. The highest BCUT2D eigenvalue weighted by molar-refractivity contribution is 5.93. The average Bonchev–Trinajstić information content (AvgIpc) is 2.49. The second-order valence-corrected chi connectivity index (χ2v) is 4.78. The van der Waals surface area contributed by atoms with Crippen LogP contribution in [0.15, 0.2) is 36.5 Å². The molecule has 2 aromatic rings. The zero-order valence-corrected chi connectivity index (χ0v) is 11.9. The van der Waals surface area contributed by atoms with Crippen LogP contribution < -0.4 is 16.6 Å². The summed E-state index contributed by atoms with van der Waals surface area (Å²) in [5.74, 6) is 4.65. The van der Waals surface area contributed by atoms with Gasteiger partial charge in [0.05, 0.1) is 11.7 Å². The van der Waals surface area contributed by atoms with E-state index in [9.17, 15) is 9.18 Å². The molecule has 1 amide bonds. The Hall–Kier alpha value is -2.47. The van der Waals surface area contributed by atoms with Crippen LogP contribution in [0.5, 0.6) is 0 Å². The Balaban J connectivity index is 2.12. The third kappa shape index (κ3) is 3.55. The fourth-order valence-electron chi connectivity index (χ4n) is 1.88. The molecule has 0 bridgehead atoms. The summed E-state index contributed by atoms with van der Waals surface area (Å²) in [5.41, 5.74) is 4.54. The van der Waals surface area contributed by atoms with Gasteiger partial charge in [0.2, 0.25) is 0 Å². The number of carbonyl (C=O) groups excluding carboxylic acids is 1. The molecule has 4 N–H and O–H groups in total. The summed E-state index contributed by atoms with van der Waals surface area (Å²) in [6.45, 7) is 3.48. The maximum atomic E-state index is 13.6. The molecule has 1 unspecified atom stereocenters. The monoisotopic (exact) mass is 288 g/mol. The summed E-state index contributed by atoms with van der Waals surface area (Å²) in [7, 11) is 0. The lowest BCUT2D eigenvalue weighted by Crippen LogP contribution is -2.27. The third-order valence-electron chi connectivity index (χ3n) is 3.20. The van der Waals surface area contributed by atoms with Crippen molar-refractivity contribution in [3.05, 3.63) is 59.2 Å². The van der Waals surface area contributed by atoms with Gasteiger partial charge in [0.25, 0.3) is 5.91 Å². The van der Waals surface area contributed by atoms with Crippen molar-refractivity contribution in [1.29, 1.82) is 0 Å². The number of halogens is 1. The van der Waals surface area contributed by atoms with E-state index in [0.717, 1.165) is 0 Å². The summed E-state index contributed by atoms with van der Waals surface area (Å²) in [4.78, 5) is 16.1. The van der Waals surface area contributed by atoms with Crippen LogP contribution in [-0.2, 0) is 0 Å². The molecule has 1 atom stereocenters. The molecule has 5 nitrogen and oxygen atoms in total. The predicted octanol–water partition coefficient (Wildman–Crippen LogP) is 2.31. The first kappa shape index (κ1) is 14.9. The molecule has 6 heteroatoms. The van der Waals surface area contributed by atoms with Crippen LogP contribution in [0.3, 0.4) is 0 Å². The van der Waals surface area contributed by atoms with E-state index in [-0.39, 0.29) is 23.5 Å². The summed E-state index contributed by atoms with van der Waals surface area (Å²) in [6, 6.07) is 7.75. The van der Waals surface area contributed by atoms with Gasteiger partial charge in [-0.15, -0.1) is 0 Å². The van der Waals surface area contributed by atoms with Crippen LogP contribution in [0.2, 0.25) is 0 Å². The first-order valence-corrected chi connectivity index (χ1v) is 6.51. The van der Waals surface area contributed by atoms with E-state index in [1.165, 1.54) is 18.3 Å². The molecule has 0 fully saturated rings. The molecule has 1 aromatic heterocycles. The van der Waals surface area contributed by atoms with E-state index in [1.54, 1.807) is 32.0 Å². The van der Waals surface area contributed by atoms with Crippen molar-refractivity contribution in [2.24, 2.45) is 5.84 Å². The number of nitrogens with two attached hydrogens (primary N) is 1. The van der Waals surface area contributed by atoms with Gasteiger partial charge < -0.3 is 10.7 Å². The van der Waals surface area contributed by atoms with Gasteiger partial charge in [-0.2, -0.15) is 0 Å². The molecule has 0 aliphatic heterocycles. The molecule has 1 heterocycles. The van der Waals surface area contributed by atoms with Gasteiger partial charge in [-0.1, -0.05) is 12.1 Å². The maximum Gasteiger partial charge on any atom is 0.270 e. The Morgan fingerprint density at radius 1 is 1.33 bits per heavy atom. The fourth-order valence-corrected chi connectivity index (χ4v) is 1.88. The number of benzene rings is 1. The van der Waals surface area contributed by atoms with Crippen molar-refractivity contribution in [1.82, 2.24) is 10.3 Å². The minimum atomic E-state index is -0.347. The van der Waals surface area contributed by atoms with Crippen molar-refractivity contribution in [3.8, 4) is 0 Å². The van der Waals surface area contributed by atoms with Crippen molar-refractivity contribution >= 4 is 11.6 Å². The molecule has 2 rings (SSSR count). The fraction of sp³-hybridized carbons (Fsp3) is 0.200. The molecular weight excluding hydrogens is 271 g/mol.